The number of nitrogens with one attached hydrogen (secondary N) is 1. The molecule has 0 aromatic heterocycles. The van der Waals surface area contributed by atoms with Crippen LogP contribution in [0.25, 0.3) is 0 Å². The molecule has 1 N–H and O–H groups in total. The van der Waals surface area contributed by atoms with E-state index in [4.69, 9.17) is 27.9 Å². The van der Waals surface area contributed by atoms with Crippen molar-refractivity contribution in [3.8, 4) is 0 Å². The second-order valence-corrected chi connectivity index (χ2v) is 10.1. The van der Waals surface area contributed by atoms with Gasteiger partial charge in [0.25, 0.3) is 5.91 Å². The summed E-state index contributed by atoms with van der Waals surface area (Å²) in [6, 6.07) is 13.5. The molecule has 1 atom stereocenters. The quantitative estimate of drug-likeness (QED) is 0.399. The molecule has 0 saturated heterocycles. The first-order valence-corrected chi connectivity index (χ1v) is 11.7. The van der Waals surface area contributed by atoms with Gasteiger partial charge in [-0.3, -0.25) is 4.79 Å². The molecule has 2 rings (SSSR count). The van der Waals surface area contributed by atoms with Crippen molar-refractivity contribution in [2.24, 2.45) is 23.2 Å². The molecule has 174 valence electrons. The minimum Gasteiger partial charge on any atom is -0.458 e. The van der Waals surface area contributed by atoms with Gasteiger partial charge >= 0.3 is 5.97 Å². The molecule has 0 saturated carbocycles. The monoisotopic (exact) mass is 477 g/mol. The number of hydrogen-bond donors (Lipinski definition) is 1. The SMILES string of the molecule is CC(C)C(OC(=O)c1ccc(Cl)cc1)C(CNC(=O)c1ccc(Cl)cc1)(C(C)C)C(C)C. The lowest BCUT2D eigenvalue weighted by molar-refractivity contribution is -0.0823. The van der Waals surface area contributed by atoms with Gasteiger partial charge in [0.1, 0.15) is 6.10 Å². The summed E-state index contributed by atoms with van der Waals surface area (Å²) in [4.78, 5) is 25.8. The maximum absolute atomic E-state index is 13.0. The molecular weight excluding hydrogens is 445 g/mol. The highest BCUT2D eigenvalue weighted by Crippen LogP contribution is 2.43. The van der Waals surface area contributed by atoms with Crippen molar-refractivity contribution in [1.82, 2.24) is 5.32 Å². The van der Waals surface area contributed by atoms with Crippen molar-refractivity contribution in [2.75, 3.05) is 6.54 Å². The van der Waals surface area contributed by atoms with E-state index in [0.717, 1.165) is 0 Å². The Hall–Kier alpha value is -2.04. The zero-order valence-corrected chi connectivity index (χ0v) is 21.1. The lowest BCUT2D eigenvalue weighted by Gasteiger charge is -2.48. The Bertz CT molecular complexity index is 898. The summed E-state index contributed by atoms with van der Waals surface area (Å²) >= 11 is 11.9. The van der Waals surface area contributed by atoms with Crippen molar-refractivity contribution < 1.29 is 14.3 Å². The number of benzene rings is 2. The molecule has 0 bridgehead atoms. The average molecular weight is 478 g/mol. The Morgan fingerprint density at radius 2 is 1.25 bits per heavy atom. The van der Waals surface area contributed by atoms with Crippen LogP contribution >= 0.6 is 23.2 Å². The van der Waals surface area contributed by atoms with Gasteiger partial charge in [-0.2, -0.15) is 0 Å². The van der Waals surface area contributed by atoms with Gasteiger partial charge in [0.2, 0.25) is 0 Å². The van der Waals surface area contributed by atoms with Crippen molar-refractivity contribution in [3.63, 3.8) is 0 Å². The molecule has 1 amide bonds. The predicted molar refractivity (Wildman–Crippen MR) is 131 cm³/mol. The van der Waals surface area contributed by atoms with Gasteiger partial charge in [-0.1, -0.05) is 64.7 Å². The van der Waals surface area contributed by atoms with E-state index in [2.05, 4.69) is 33.0 Å². The number of carbonyl (C=O) groups is 2. The third kappa shape index (κ3) is 6.05. The van der Waals surface area contributed by atoms with Crippen LogP contribution in [0.4, 0.5) is 0 Å². The molecule has 0 aliphatic rings. The molecule has 1 unspecified atom stereocenters. The molecule has 0 heterocycles. The maximum atomic E-state index is 13.0. The summed E-state index contributed by atoms with van der Waals surface area (Å²) in [6.45, 7) is 12.9. The fourth-order valence-corrected chi connectivity index (χ4v) is 4.66. The van der Waals surface area contributed by atoms with E-state index in [1.54, 1.807) is 48.5 Å². The van der Waals surface area contributed by atoms with Crippen molar-refractivity contribution in [3.05, 3.63) is 69.7 Å². The molecule has 0 fully saturated rings. The van der Waals surface area contributed by atoms with Crippen LogP contribution in [-0.4, -0.2) is 24.5 Å². The highest BCUT2D eigenvalue weighted by molar-refractivity contribution is 6.31. The molecular formula is C26H33Cl2NO3. The first-order chi connectivity index (χ1) is 15.0. The number of esters is 1. The normalized spacial score (nSPS) is 12.8. The molecule has 6 heteroatoms. The Balaban J connectivity index is 2.33. The second kappa shape index (κ2) is 11.2. The van der Waals surface area contributed by atoms with Crippen LogP contribution < -0.4 is 5.32 Å². The zero-order chi connectivity index (χ0) is 24.1. The first-order valence-electron chi connectivity index (χ1n) is 11.0. The number of hydrogen-bond acceptors (Lipinski definition) is 3. The molecule has 32 heavy (non-hydrogen) atoms. The highest BCUT2D eigenvalue weighted by Gasteiger charge is 2.48. The van der Waals surface area contributed by atoms with E-state index in [0.29, 0.717) is 27.7 Å². The van der Waals surface area contributed by atoms with Gasteiger partial charge in [-0.25, -0.2) is 4.79 Å². The summed E-state index contributed by atoms with van der Waals surface area (Å²) < 4.78 is 6.13. The summed E-state index contributed by atoms with van der Waals surface area (Å²) in [7, 11) is 0. The standard InChI is InChI=1S/C26H33Cl2NO3/c1-16(2)23(32-25(31)20-9-13-22(28)14-10-20)26(17(3)4,18(5)6)15-29-24(30)19-7-11-21(27)12-8-19/h7-14,16-18,23H,15H2,1-6H3,(H,29,30). The van der Waals surface area contributed by atoms with E-state index in [1.807, 2.05) is 13.8 Å². The first kappa shape index (κ1) is 26.2. The van der Waals surface area contributed by atoms with Crippen LogP contribution in [0.2, 0.25) is 10.0 Å². The molecule has 0 radical (unpaired) electrons. The topological polar surface area (TPSA) is 55.4 Å². The zero-order valence-electron chi connectivity index (χ0n) is 19.6. The average Bonchev–Trinajstić information content (AvgIpc) is 2.73. The van der Waals surface area contributed by atoms with Gasteiger partial charge < -0.3 is 10.1 Å². The highest BCUT2D eigenvalue weighted by atomic mass is 35.5. The largest absolute Gasteiger partial charge is 0.458 e. The third-order valence-corrected chi connectivity index (χ3v) is 6.76. The fraction of sp³-hybridized carbons (Fsp3) is 0.462. The number of rotatable bonds is 9. The van der Waals surface area contributed by atoms with Crippen LogP contribution in [0.1, 0.15) is 62.3 Å². The Morgan fingerprint density at radius 1 is 0.812 bits per heavy atom. The summed E-state index contributed by atoms with van der Waals surface area (Å²) in [5.41, 5.74) is 0.514. The van der Waals surface area contributed by atoms with Gasteiger partial charge in [-0.15, -0.1) is 0 Å². The van der Waals surface area contributed by atoms with Crippen molar-refractivity contribution in [1.29, 1.82) is 0 Å². The maximum Gasteiger partial charge on any atom is 0.338 e. The Morgan fingerprint density at radius 3 is 1.66 bits per heavy atom. The van der Waals surface area contributed by atoms with Crippen molar-refractivity contribution >= 4 is 35.1 Å². The van der Waals surface area contributed by atoms with Gasteiger partial charge in [0.05, 0.1) is 5.56 Å². The number of amides is 1. The molecule has 0 aliphatic heterocycles. The van der Waals surface area contributed by atoms with E-state index >= 15 is 0 Å². The van der Waals surface area contributed by atoms with Crippen LogP contribution in [-0.2, 0) is 4.74 Å². The lowest BCUT2D eigenvalue weighted by Crippen LogP contribution is -2.55. The summed E-state index contributed by atoms with van der Waals surface area (Å²) in [6.07, 6.45) is -0.406. The smallest absolute Gasteiger partial charge is 0.338 e. The van der Waals surface area contributed by atoms with E-state index in [9.17, 15) is 9.59 Å². The molecule has 0 aliphatic carbocycles. The van der Waals surface area contributed by atoms with Crippen LogP contribution in [0.3, 0.4) is 0 Å². The molecule has 0 spiro atoms. The van der Waals surface area contributed by atoms with Gasteiger partial charge in [-0.05, 0) is 66.3 Å². The molecule has 2 aromatic carbocycles. The van der Waals surface area contributed by atoms with E-state index < -0.39 is 17.5 Å². The number of ether oxygens (including phenoxy) is 1. The van der Waals surface area contributed by atoms with Crippen LogP contribution in [0.15, 0.2) is 48.5 Å². The van der Waals surface area contributed by atoms with E-state index in [1.165, 1.54) is 0 Å². The minimum absolute atomic E-state index is 0.0449. The minimum atomic E-state index is -0.474. The summed E-state index contributed by atoms with van der Waals surface area (Å²) in [5, 5.41) is 4.23. The predicted octanol–water partition coefficient (Wildman–Crippen LogP) is 6.90. The third-order valence-electron chi connectivity index (χ3n) is 6.26. The Kier molecular flexibility index (Phi) is 9.18. The second-order valence-electron chi connectivity index (χ2n) is 9.19. The fourth-order valence-electron chi connectivity index (χ4n) is 4.40. The number of carbonyl (C=O) groups excluding carboxylic acids is 2. The molecule has 4 nitrogen and oxygen atoms in total. The lowest BCUT2D eigenvalue weighted by atomic mass is 9.62. The van der Waals surface area contributed by atoms with Crippen molar-refractivity contribution in [2.45, 2.75) is 47.6 Å². The van der Waals surface area contributed by atoms with Crippen LogP contribution in [0.5, 0.6) is 0 Å². The summed E-state index contributed by atoms with van der Waals surface area (Å²) in [5.74, 6) is -0.255. The number of halogens is 2. The molecule has 2 aromatic rings. The van der Waals surface area contributed by atoms with E-state index in [-0.39, 0.29) is 23.7 Å². The Labute approximate surface area is 201 Å². The van der Waals surface area contributed by atoms with Crippen LogP contribution in [0, 0.1) is 23.2 Å². The van der Waals surface area contributed by atoms with Gasteiger partial charge in [0.15, 0.2) is 0 Å². The van der Waals surface area contributed by atoms with Gasteiger partial charge in [0, 0.05) is 27.6 Å².